The van der Waals surface area contributed by atoms with Crippen molar-refractivity contribution < 1.29 is 28.7 Å². The molecule has 0 saturated carbocycles. The van der Waals surface area contributed by atoms with Gasteiger partial charge in [0, 0.05) is 11.6 Å². The molecule has 2 heterocycles. The Kier molecular flexibility index (Phi) is 5.68. The summed E-state index contributed by atoms with van der Waals surface area (Å²) in [6, 6.07) is 14.3. The van der Waals surface area contributed by atoms with Crippen molar-refractivity contribution in [1.82, 2.24) is 5.16 Å². The monoisotopic (exact) mass is 434 g/mol. The van der Waals surface area contributed by atoms with E-state index in [1.165, 1.54) is 12.0 Å². The maximum atomic E-state index is 13.1. The molecule has 1 N–H and O–H groups in total. The lowest BCUT2D eigenvalue weighted by Gasteiger charge is -2.23. The van der Waals surface area contributed by atoms with Crippen LogP contribution >= 0.6 is 0 Å². The summed E-state index contributed by atoms with van der Waals surface area (Å²) in [4.78, 5) is 27.4. The topological polar surface area (TPSA) is 102 Å². The number of benzene rings is 2. The molecule has 1 aromatic heterocycles. The van der Waals surface area contributed by atoms with Gasteiger partial charge in [-0.25, -0.2) is 0 Å². The SMILES string of the molecule is CCOc1ccc(/C(O)=C2/C(=O)C(=O)N(c3cc(C)on3)C2c2cccc(OC)c2)cc1. The van der Waals surface area contributed by atoms with Crippen LogP contribution in [0.3, 0.4) is 0 Å². The molecule has 1 aliphatic rings. The van der Waals surface area contributed by atoms with Crippen molar-refractivity contribution in [3.63, 3.8) is 0 Å². The number of carbonyl (C=O) groups excluding carboxylic acids is 2. The second kappa shape index (κ2) is 8.58. The number of hydrogen-bond acceptors (Lipinski definition) is 7. The number of aliphatic hydroxyl groups is 1. The van der Waals surface area contributed by atoms with Crippen molar-refractivity contribution in [3.05, 3.63) is 77.1 Å². The van der Waals surface area contributed by atoms with Gasteiger partial charge in [-0.05, 0) is 55.8 Å². The summed E-state index contributed by atoms with van der Waals surface area (Å²) < 4.78 is 15.9. The number of methoxy groups -OCH3 is 1. The summed E-state index contributed by atoms with van der Waals surface area (Å²) >= 11 is 0. The fraction of sp³-hybridized carbons (Fsp3) is 0.208. The third-order valence-corrected chi connectivity index (χ3v) is 5.16. The van der Waals surface area contributed by atoms with Gasteiger partial charge in [0.1, 0.15) is 23.0 Å². The maximum Gasteiger partial charge on any atom is 0.301 e. The minimum Gasteiger partial charge on any atom is -0.507 e. The Hall–Kier alpha value is -4.07. The van der Waals surface area contributed by atoms with Gasteiger partial charge >= 0.3 is 5.91 Å². The molecule has 1 aliphatic heterocycles. The van der Waals surface area contributed by atoms with Crippen molar-refractivity contribution in [3.8, 4) is 11.5 Å². The normalized spacial score (nSPS) is 17.6. The van der Waals surface area contributed by atoms with Gasteiger partial charge in [-0.1, -0.05) is 17.3 Å². The van der Waals surface area contributed by atoms with Gasteiger partial charge in [0.2, 0.25) is 0 Å². The highest BCUT2D eigenvalue weighted by molar-refractivity contribution is 6.51. The first-order chi connectivity index (χ1) is 15.4. The van der Waals surface area contributed by atoms with E-state index in [4.69, 9.17) is 14.0 Å². The first-order valence-electron chi connectivity index (χ1n) is 10.1. The second-order valence-electron chi connectivity index (χ2n) is 7.20. The molecule has 8 heteroatoms. The number of anilines is 1. The number of amides is 1. The number of Topliss-reactive ketones (excluding diaryl/α,β-unsaturated/α-hetero) is 1. The zero-order valence-corrected chi connectivity index (χ0v) is 17.9. The predicted molar refractivity (Wildman–Crippen MR) is 117 cm³/mol. The van der Waals surface area contributed by atoms with E-state index in [1.54, 1.807) is 61.5 Å². The first kappa shape index (κ1) is 21.2. The summed E-state index contributed by atoms with van der Waals surface area (Å²) in [6.45, 7) is 4.06. The number of ketones is 1. The molecular formula is C24H22N2O6. The van der Waals surface area contributed by atoms with Crippen LogP contribution in [0.2, 0.25) is 0 Å². The van der Waals surface area contributed by atoms with Crippen LogP contribution in [0.15, 0.2) is 64.7 Å². The lowest BCUT2D eigenvalue weighted by molar-refractivity contribution is -0.132. The standard InChI is InChI=1S/C24H22N2O6/c1-4-31-17-10-8-15(9-11-17)22(27)20-21(16-6-5-7-18(13-16)30-3)26(24(29)23(20)28)19-12-14(2)32-25-19/h5-13,21,27H,4H2,1-3H3/b22-20-. The van der Waals surface area contributed by atoms with Gasteiger partial charge in [-0.3, -0.25) is 14.5 Å². The highest BCUT2D eigenvalue weighted by Gasteiger charge is 2.48. The van der Waals surface area contributed by atoms with Crippen molar-refractivity contribution in [2.45, 2.75) is 19.9 Å². The summed E-state index contributed by atoms with van der Waals surface area (Å²) in [5.41, 5.74) is 0.917. The second-order valence-corrected chi connectivity index (χ2v) is 7.20. The zero-order valence-electron chi connectivity index (χ0n) is 17.9. The van der Waals surface area contributed by atoms with Crippen LogP contribution in [0.1, 0.15) is 29.9 Å². The minimum absolute atomic E-state index is 0.0481. The van der Waals surface area contributed by atoms with Gasteiger partial charge in [0.15, 0.2) is 5.82 Å². The molecule has 2 aromatic carbocycles. The summed E-state index contributed by atoms with van der Waals surface area (Å²) in [6.07, 6.45) is 0. The fourth-order valence-electron chi connectivity index (χ4n) is 3.69. The van der Waals surface area contributed by atoms with Gasteiger partial charge in [0.25, 0.3) is 5.78 Å². The smallest absolute Gasteiger partial charge is 0.301 e. The average molecular weight is 434 g/mol. The molecule has 8 nitrogen and oxygen atoms in total. The fourth-order valence-corrected chi connectivity index (χ4v) is 3.69. The number of carbonyl (C=O) groups is 2. The number of nitrogens with zero attached hydrogens (tertiary/aromatic N) is 2. The summed E-state index contributed by atoms with van der Waals surface area (Å²) in [5.74, 6) is -0.0659. The third kappa shape index (κ3) is 3.71. The lowest BCUT2D eigenvalue weighted by Crippen LogP contribution is -2.29. The van der Waals surface area contributed by atoms with E-state index in [2.05, 4.69) is 5.16 Å². The Morgan fingerprint density at radius 2 is 1.88 bits per heavy atom. The van der Waals surface area contributed by atoms with E-state index in [-0.39, 0.29) is 17.2 Å². The summed E-state index contributed by atoms with van der Waals surface area (Å²) in [7, 11) is 1.52. The van der Waals surface area contributed by atoms with Gasteiger partial charge in [0.05, 0.1) is 25.3 Å². The number of rotatable bonds is 6. The maximum absolute atomic E-state index is 13.1. The Bertz CT molecular complexity index is 1200. The molecule has 1 unspecified atom stereocenters. The van der Waals surface area contributed by atoms with Crippen LogP contribution in [0.4, 0.5) is 5.82 Å². The highest BCUT2D eigenvalue weighted by Crippen LogP contribution is 2.42. The van der Waals surface area contributed by atoms with E-state index in [0.717, 1.165) is 0 Å². The molecule has 0 radical (unpaired) electrons. The third-order valence-electron chi connectivity index (χ3n) is 5.16. The molecular weight excluding hydrogens is 412 g/mol. The Morgan fingerprint density at radius 1 is 1.12 bits per heavy atom. The van der Waals surface area contributed by atoms with Crippen LogP contribution < -0.4 is 14.4 Å². The molecule has 1 fully saturated rings. The van der Waals surface area contributed by atoms with E-state index in [0.29, 0.717) is 35.0 Å². The molecule has 1 amide bonds. The first-order valence-corrected chi connectivity index (χ1v) is 10.1. The predicted octanol–water partition coefficient (Wildman–Crippen LogP) is 4.02. The van der Waals surface area contributed by atoms with Crippen molar-refractivity contribution >= 4 is 23.3 Å². The molecule has 0 aliphatic carbocycles. The zero-order chi connectivity index (χ0) is 22.8. The van der Waals surface area contributed by atoms with Crippen LogP contribution in [0, 0.1) is 6.92 Å². The van der Waals surface area contributed by atoms with Gasteiger partial charge < -0.3 is 19.1 Å². The van der Waals surface area contributed by atoms with E-state index in [9.17, 15) is 14.7 Å². The molecule has 4 rings (SSSR count). The average Bonchev–Trinajstić information content (AvgIpc) is 3.34. The van der Waals surface area contributed by atoms with E-state index >= 15 is 0 Å². The van der Waals surface area contributed by atoms with Crippen LogP contribution in [-0.2, 0) is 9.59 Å². The number of aromatic nitrogens is 1. The molecule has 1 saturated heterocycles. The van der Waals surface area contributed by atoms with Gasteiger partial charge in [-0.15, -0.1) is 0 Å². The van der Waals surface area contributed by atoms with E-state index < -0.39 is 17.7 Å². The lowest BCUT2D eigenvalue weighted by atomic mass is 9.95. The highest BCUT2D eigenvalue weighted by atomic mass is 16.5. The Balaban J connectivity index is 1.89. The number of aliphatic hydroxyl groups excluding tert-OH is 1. The molecule has 0 bridgehead atoms. The number of hydrogen-bond donors (Lipinski definition) is 1. The molecule has 1 atom stereocenters. The van der Waals surface area contributed by atoms with Crippen molar-refractivity contribution in [1.29, 1.82) is 0 Å². The molecule has 0 spiro atoms. The Labute approximate surface area is 184 Å². The Morgan fingerprint density at radius 3 is 2.50 bits per heavy atom. The minimum atomic E-state index is -0.916. The summed E-state index contributed by atoms with van der Waals surface area (Å²) in [5, 5.41) is 15.0. The number of aryl methyl sites for hydroxylation is 1. The molecule has 32 heavy (non-hydrogen) atoms. The quantitative estimate of drug-likeness (QED) is 0.355. The van der Waals surface area contributed by atoms with Crippen LogP contribution in [0.5, 0.6) is 11.5 Å². The van der Waals surface area contributed by atoms with E-state index in [1.807, 2.05) is 6.92 Å². The van der Waals surface area contributed by atoms with Gasteiger partial charge in [-0.2, -0.15) is 0 Å². The largest absolute Gasteiger partial charge is 0.507 e. The van der Waals surface area contributed by atoms with Crippen LogP contribution in [0.25, 0.3) is 5.76 Å². The molecule has 164 valence electrons. The van der Waals surface area contributed by atoms with Crippen molar-refractivity contribution in [2.24, 2.45) is 0 Å². The van der Waals surface area contributed by atoms with Crippen molar-refractivity contribution in [2.75, 3.05) is 18.6 Å². The van der Waals surface area contributed by atoms with Crippen LogP contribution in [-0.4, -0.2) is 35.7 Å². The molecule has 3 aromatic rings. The number of ether oxygens (including phenoxy) is 2.